The molecular weight excluding hydrogens is 1020 g/mol. The van der Waals surface area contributed by atoms with Crippen molar-refractivity contribution in [3.63, 3.8) is 0 Å². The van der Waals surface area contributed by atoms with Crippen molar-refractivity contribution in [3.05, 3.63) is 297 Å². The fourth-order valence-electron chi connectivity index (χ4n) is 13.9. The van der Waals surface area contributed by atoms with E-state index in [-0.39, 0.29) is 6.71 Å². The number of hydrogen-bond acceptors (Lipinski definition) is 4. The lowest BCUT2D eigenvalue weighted by molar-refractivity contribution is 1.26. The van der Waals surface area contributed by atoms with Gasteiger partial charge in [-0.05, 0) is 119 Å². The van der Waals surface area contributed by atoms with E-state index in [0.717, 1.165) is 0 Å². The molecule has 0 spiro atoms. The van der Waals surface area contributed by atoms with E-state index in [9.17, 15) is 0 Å². The first-order chi connectivity index (χ1) is 39.2. The van der Waals surface area contributed by atoms with Crippen LogP contribution in [0.25, 0.3) is 11.1 Å². The Morgan fingerprint density at radius 2 is 0.570 bits per heavy atom. The molecule has 0 saturated heterocycles. The predicted octanol–water partition coefficient (Wildman–Crippen LogP) is 11.1. The first-order valence-electron chi connectivity index (χ1n) is 27.3. The average molecular weight is 1070 g/mol. The van der Waals surface area contributed by atoms with Crippen LogP contribution in [0.1, 0.15) is 0 Å². The fraction of sp³-hybridized carbons (Fsp3) is 0. The minimum absolute atomic E-state index is 0.0553. The summed E-state index contributed by atoms with van der Waals surface area (Å²) in [7, 11) is -5.53. The van der Waals surface area contributed by atoms with Gasteiger partial charge in [0, 0.05) is 53.7 Å². The van der Waals surface area contributed by atoms with E-state index in [1.807, 2.05) is 23.5 Å². The number of nitrogens with zero attached hydrogens (tertiary/aromatic N) is 2. The Bertz CT molecular complexity index is 3920. The van der Waals surface area contributed by atoms with Gasteiger partial charge in [0.1, 0.15) is 0 Å². The molecule has 7 heteroatoms. The Hall–Kier alpha value is -8.56. The van der Waals surface area contributed by atoms with Crippen LogP contribution in [0.5, 0.6) is 0 Å². The summed E-state index contributed by atoms with van der Waals surface area (Å²) in [5.41, 5.74) is 13.9. The van der Waals surface area contributed by atoms with E-state index in [1.54, 1.807) is 0 Å². The lowest BCUT2D eigenvalue weighted by Crippen LogP contribution is -2.77. The van der Waals surface area contributed by atoms with Crippen molar-refractivity contribution in [1.82, 2.24) is 0 Å². The minimum Gasteiger partial charge on any atom is -0.311 e. The van der Waals surface area contributed by atoms with Crippen LogP contribution >= 0.6 is 23.5 Å². The number of hydrogen-bond donors (Lipinski definition) is 0. The zero-order valence-electron chi connectivity index (χ0n) is 43.1. The summed E-state index contributed by atoms with van der Waals surface area (Å²) in [5.74, 6) is 0. The molecule has 79 heavy (non-hydrogen) atoms. The number of rotatable bonds is 7. The van der Waals surface area contributed by atoms with Gasteiger partial charge < -0.3 is 9.80 Å². The molecule has 12 aromatic carbocycles. The largest absolute Gasteiger partial charge is 0.311 e. The molecule has 0 fully saturated rings. The van der Waals surface area contributed by atoms with Crippen LogP contribution in [0.3, 0.4) is 0 Å². The van der Waals surface area contributed by atoms with Crippen LogP contribution in [-0.4, -0.2) is 22.9 Å². The molecular formula is C72H49BN2S2Si2. The Kier molecular flexibility index (Phi) is 10.9. The molecule has 0 radical (unpaired) electrons. The highest BCUT2D eigenvalue weighted by Crippen LogP contribution is 2.46. The van der Waals surface area contributed by atoms with E-state index in [2.05, 4.69) is 307 Å². The number of fused-ring (bicyclic) bond motifs is 8. The predicted molar refractivity (Wildman–Crippen MR) is 341 cm³/mol. The van der Waals surface area contributed by atoms with E-state index >= 15 is 0 Å². The molecule has 4 aliphatic heterocycles. The van der Waals surface area contributed by atoms with Gasteiger partial charge in [0.05, 0.1) is 0 Å². The van der Waals surface area contributed by atoms with E-state index in [1.165, 1.54) is 123 Å². The SMILES string of the molecule is c1ccc(-c2cc3c4c(c2)Sc2cc(N5c6ccccc6[Si](c6ccccc6)(c6ccccc6)c6ccccc65)ccc2B4c2ccc(N4c5ccccc5[Si](c5ccccc5)(c5ccccc5)c5ccccc54)cc2S3)cc1. The van der Waals surface area contributed by atoms with E-state index < -0.39 is 16.1 Å². The second-order valence-corrected chi connectivity index (χ2v) is 30.7. The van der Waals surface area contributed by atoms with Gasteiger partial charge in [-0.25, -0.2) is 0 Å². The average Bonchev–Trinajstić information content (AvgIpc) is 3.70. The number of benzene rings is 12. The summed E-state index contributed by atoms with van der Waals surface area (Å²) in [5, 5.41) is 11.2. The highest BCUT2D eigenvalue weighted by molar-refractivity contribution is 8.01. The van der Waals surface area contributed by atoms with Crippen LogP contribution in [-0.2, 0) is 0 Å². The van der Waals surface area contributed by atoms with Crippen molar-refractivity contribution in [2.75, 3.05) is 9.80 Å². The van der Waals surface area contributed by atoms with Gasteiger partial charge in [-0.2, -0.15) is 0 Å². The van der Waals surface area contributed by atoms with Gasteiger partial charge in [-0.15, -0.1) is 0 Å². The van der Waals surface area contributed by atoms with Crippen molar-refractivity contribution >= 4 is 138 Å². The maximum absolute atomic E-state index is 2.77. The molecule has 0 saturated carbocycles. The van der Waals surface area contributed by atoms with Crippen molar-refractivity contribution in [1.29, 1.82) is 0 Å². The molecule has 0 aliphatic carbocycles. The molecule has 0 atom stereocenters. The normalized spacial score (nSPS) is 14.6. The Labute approximate surface area is 472 Å². The summed E-state index contributed by atoms with van der Waals surface area (Å²) in [6.07, 6.45) is 0. The second kappa shape index (κ2) is 18.5. The quantitative estimate of drug-likeness (QED) is 0.147. The van der Waals surface area contributed by atoms with Crippen molar-refractivity contribution < 1.29 is 0 Å². The molecule has 4 heterocycles. The van der Waals surface area contributed by atoms with Gasteiger partial charge >= 0.3 is 0 Å². The molecule has 2 nitrogen and oxygen atoms in total. The summed E-state index contributed by atoms with van der Waals surface area (Å²) in [4.78, 5) is 10.4. The van der Waals surface area contributed by atoms with Gasteiger partial charge in [0.2, 0.25) is 6.71 Å². The first-order valence-corrected chi connectivity index (χ1v) is 32.9. The van der Waals surface area contributed by atoms with Crippen LogP contribution in [0.2, 0.25) is 0 Å². The zero-order chi connectivity index (χ0) is 52.1. The molecule has 4 aliphatic rings. The molecule has 0 N–H and O–H groups in total. The standard InChI is InChI=1S/C72H49BN2S2Si2/c1-6-24-50(25-7-1)51-46-66-72-67(47-51)77-65-49-53(75-62-36-18-22-40-70(62)79(56-30-12-4-13-31-56,57-32-14-5-15-33-57)71-41-23-19-37-63(71)75)43-45-59(65)73(72)58-44-42-52(48-64(58)76-66)74-60-34-16-20-38-68(60)78(54-26-8-2-9-27-54,55-28-10-3-11-29-55)69-39-21-17-35-61(69)74/h1-49H. The topological polar surface area (TPSA) is 6.48 Å². The summed E-state index contributed by atoms with van der Waals surface area (Å²) in [6.45, 7) is 0.0553. The summed E-state index contributed by atoms with van der Waals surface area (Å²) >= 11 is 3.88. The lowest BCUT2D eigenvalue weighted by atomic mass is 9.36. The van der Waals surface area contributed by atoms with Crippen LogP contribution < -0.4 is 67.7 Å². The maximum atomic E-state index is 2.56. The molecule has 16 rings (SSSR count). The Morgan fingerprint density at radius 3 is 0.911 bits per heavy atom. The molecule has 0 aromatic heterocycles. The molecule has 0 bridgehead atoms. The van der Waals surface area contributed by atoms with Gasteiger partial charge in [0.15, 0.2) is 16.1 Å². The Balaban J connectivity index is 0.870. The van der Waals surface area contributed by atoms with Gasteiger partial charge in [-0.3, -0.25) is 0 Å². The maximum Gasteiger partial charge on any atom is 0.247 e. The third-order valence-corrected chi connectivity index (χ3v) is 29.1. The molecule has 0 unspecified atom stereocenters. The van der Waals surface area contributed by atoms with Crippen molar-refractivity contribution in [3.8, 4) is 11.1 Å². The monoisotopic (exact) mass is 1070 g/mol. The smallest absolute Gasteiger partial charge is 0.247 e. The summed E-state index contributed by atoms with van der Waals surface area (Å²) < 4.78 is 0. The van der Waals surface area contributed by atoms with Crippen LogP contribution in [0, 0.1) is 0 Å². The highest BCUT2D eigenvalue weighted by Gasteiger charge is 2.51. The third kappa shape index (κ3) is 6.93. The fourth-order valence-corrected chi connectivity index (χ4v) is 26.7. The van der Waals surface area contributed by atoms with Crippen molar-refractivity contribution in [2.45, 2.75) is 19.6 Å². The van der Waals surface area contributed by atoms with E-state index in [0.29, 0.717) is 0 Å². The van der Waals surface area contributed by atoms with Crippen molar-refractivity contribution in [2.24, 2.45) is 0 Å². The molecule has 370 valence electrons. The summed E-state index contributed by atoms with van der Waals surface area (Å²) in [6, 6.07) is 113. The molecule has 12 aromatic rings. The minimum atomic E-state index is -2.77. The highest BCUT2D eigenvalue weighted by atomic mass is 32.2. The lowest BCUT2D eigenvalue weighted by Gasteiger charge is -2.45. The number of para-hydroxylation sites is 4. The Morgan fingerprint density at radius 1 is 0.266 bits per heavy atom. The second-order valence-electron chi connectivity index (χ2n) is 21.0. The first kappa shape index (κ1) is 46.5. The zero-order valence-corrected chi connectivity index (χ0v) is 46.7. The number of anilines is 6. The van der Waals surface area contributed by atoms with Crippen LogP contribution in [0.4, 0.5) is 34.1 Å². The molecule has 0 amide bonds. The van der Waals surface area contributed by atoms with Crippen LogP contribution in [0.15, 0.2) is 317 Å². The third-order valence-electron chi connectivity index (χ3n) is 17.1. The van der Waals surface area contributed by atoms with E-state index in [4.69, 9.17) is 0 Å². The van der Waals surface area contributed by atoms with Gasteiger partial charge in [0.25, 0.3) is 0 Å². The van der Waals surface area contributed by atoms with Gasteiger partial charge in [-0.1, -0.05) is 271 Å².